The van der Waals surface area contributed by atoms with E-state index in [4.69, 9.17) is 5.11 Å². The molecule has 0 saturated carbocycles. The number of hydrogen-bond donors (Lipinski definition) is 1. The molecule has 0 spiro atoms. The van der Waals surface area contributed by atoms with Gasteiger partial charge in [0.15, 0.2) is 6.17 Å². The monoisotopic (exact) mass is 536 g/mol. The fourth-order valence-corrected chi connectivity index (χ4v) is 2.83. The van der Waals surface area contributed by atoms with Crippen molar-refractivity contribution in [2.75, 3.05) is 6.61 Å². The predicted molar refractivity (Wildman–Crippen MR) is 91.4 cm³/mol. The first-order valence-corrected chi connectivity index (χ1v) is 9.42. The van der Waals surface area contributed by atoms with E-state index in [0.29, 0.717) is 0 Å². The summed E-state index contributed by atoms with van der Waals surface area (Å²) in [6, 6.07) is 0. The molecule has 0 aliphatic rings. The predicted octanol–water partition coefficient (Wildman–Crippen LogP) is 6.68. The van der Waals surface area contributed by atoms with Crippen LogP contribution in [0.5, 0.6) is 0 Å². The Balaban J connectivity index is 6.46. The third kappa shape index (κ3) is 6.39. The number of hydrogen-bond acceptors (Lipinski definition) is 3. The fraction of sp³-hybridized carbons (Fsp3) is 1.00. The molecule has 4 atom stereocenters. The zero-order valence-corrected chi connectivity index (χ0v) is 18.7. The molecular formula is C18H25F13O3. The van der Waals surface area contributed by atoms with E-state index in [2.05, 4.69) is 9.47 Å². The molecule has 0 amide bonds. The van der Waals surface area contributed by atoms with Crippen LogP contribution in [-0.2, 0) is 9.47 Å². The maximum atomic E-state index is 15.1. The average molecular weight is 536 g/mol. The first-order valence-electron chi connectivity index (χ1n) is 9.42. The van der Waals surface area contributed by atoms with Gasteiger partial charge in [0.05, 0.1) is 6.61 Å². The number of aliphatic hydroxyl groups is 1. The first kappa shape index (κ1) is 33.0. The zero-order valence-electron chi connectivity index (χ0n) is 18.7. The number of halogens is 13. The minimum absolute atomic E-state index is 0.197. The Morgan fingerprint density at radius 3 is 1.44 bits per heavy atom. The average Bonchev–Trinajstić information content (AvgIpc) is 2.54. The molecule has 0 saturated heterocycles. The third-order valence-corrected chi connectivity index (χ3v) is 4.84. The summed E-state index contributed by atoms with van der Waals surface area (Å²) in [6.07, 6.45) is -33.1. The van der Waals surface area contributed by atoms with Gasteiger partial charge in [0, 0.05) is 0 Å². The van der Waals surface area contributed by atoms with Gasteiger partial charge in [-0.2, -0.15) is 43.9 Å². The van der Waals surface area contributed by atoms with Crippen molar-refractivity contribution in [3.63, 3.8) is 0 Å². The van der Waals surface area contributed by atoms with Crippen molar-refractivity contribution < 1.29 is 71.7 Å². The second-order valence-electron chi connectivity index (χ2n) is 9.36. The Morgan fingerprint density at radius 2 is 1.15 bits per heavy atom. The van der Waals surface area contributed by atoms with Crippen LogP contribution < -0.4 is 0 Å². The lowest BCUT2D eigenvalue weighted by Crippen LogP contribution is -2.71. The van der Waals surface area contributed by atoms with Gasteiger partial charge in [-0.1, -0.05) is 20.8 Å². The van der Waals surface area contributed by atoms with Gasteiger partial charge in [0.25, 0.3) is 5.67 Å². The van der Waals surface area contributed by atoms with E-state index >= 15 is 4.39 Å². The summed E-state index contributed by atoms with van der Waals surface area (Å²) in [6.45, 7) is 0.279. The highest BCUT2D eigenvalue weighted by Crippen LogP contribution is 2.56. The number of alkyl halides is 13. The molecular weight excluding hydrogens is 511 g/mol. The largest absolute Gasteiger partial charge is 0.434 e. The second-order valence-corrected chi connectivity index (χ2v) is 9.36. The van der Waals surface area contributed by atoms with Gasteiger partial charge in [-0.15, -0.1) is 0 Å². The van der Waals surface area contributed by atoms with Crippen LogP contribution in [-0.4, -0.2) is 65.5 Å². The SMILES string of the molecule is CC(OC(F)(F)C(F)(C(F)(F)F)C(C)(C)OC(F)(F)C(F)CC(C)(C)C)C(F)(CO)C(F)(F)F. The molecule has 0 heterocycles. The quantitative estimate of drug-likeness (QED) is 0.317. The topological polar surface area (TPSA) is 38.7 Å². The Morgan fingerprint density at radius 1 is 0.735 bits per heavy atom. The van der Waals surface area contributed by atoms with E-state index in [0.717, 1.165) is 0 Å². The van der Waals surface area contributed by atoms with Crippen LogP contribution in [0.15, 0.2) is 0 Å². The van der Waals surface area contributed by atoms with Gasteiger partial charge in [-0.3, -0.25) is 0 Å². The summed E-state index contributed by atoms with van der Waals surface area (Å²) < 4.78 is 186. The number of rotatable bonds is 10. The van der Waals surface area contributed by atoms with Crippen LogP contribution in [0.2, 0.25) is 0 Å². The van der Waals surface area contributed by atoms with Crippen LogP contribution in [0.4, 0.5) is 57.1 Å². The van der Waals surface area contributed by atoms with Gasteiger partial charge in [0.2, 0.25) is 0 Å². The molecule has 0 aliphatic carbocycles. The Bertz CT molecular complexity index is 684. The van der Waals surface area contributed by atoms with Crippen LogP contribution in [0.1, 0.15) is 48.0 Å². The lowest BCUT2D eigenvalue weighted by molar-refractivity contribution is -0.456. The molecule has 0 fully saturated rings. The van der Waals surface area contributed by atoms with Crippen molar-refractivity contribution in [3.8, 4) is 0 Å². The van der Waals surface area contributed by atoms with E-state index in [1.807, 2.05) is 0 Å². The molecule has 16 heteroatoms. The van der Waals surface area contributed by atoms with Crippen molar-refractivity contribution in [1.82, 2.24) is 0 Å². The summed E-state index contributed by atoms with van der Waals surface area (Å²) in [7, 11) is 0. The molecule has 0 aromatic rings. The van der Waals surface area contributed by atoms with Crippen LogP contribution >= 0.6 is 0 Å². The number of aliphatic hydroxyl groups excluding tert-OH is 1. The maximum absolute atomic E-state index is 15.1. The van der Waals surface area contributed by atoms with Crippen LogP contribution in [0, 0.1) is 5.41 Å². The lowest BCUT2D eigenvalue weighted by atomic mass is 9.84. The van der Waals surface area contributed by atoms with E-state index in [-0.39, 0.29) is 20.8 Å². The molecule has 0 aromatic carbocycles. The molecule has 1 N–H and O–H groups in total. The fourth-order valence-electron chi connectivity index (χ4n) is 2.83. The smallest absolute Gasteiger partial charge is 0.393 e. The van der Waals surface area contributed by atoms with Gasteiger partial charge in [-0.25, -0.2) is 13.2 Å². The van der Waals surface area contributed by atoms with Crippen molar-refractivity contribution in [2.24, 2.45) is 5.41 Å². The Kier molecular flexibility index (Phi) is 9.16. The maximum Gasteiger partial charge on any atom is 0.434 e. The molecule has 0 aliphatic heterocycles. The number of ether oxygens (including phenoxy) is 2. The molecule has 0 radical (unpaired) electrons. The van der Waals surface area contributed by atoms with E-state index in [1.54, 1.807) is 0 Å². The van der Waals surface area contributed by atoms with Crippen molar-refractivity contribution in [2.45, 2.75) is 102 Å². The summed E-state index contributed by atoms with van der Waals surface area (Å²) in [5, 5.41) is 8.62. The second kappa shape index (κ2) is 9.45. The summed E-state index contributed by atoms with van der Waals surface area (Å²) in [4.78, 5) is 0. The first-order chi connectivity index (χ1) is 14.5. The highest BCUT2D eigenvalue weighted by Gasteiger charge is 2.82. The molecule has 206 valence electrons. The van der Waals surface area contributed by atoms with Crippen molar-refractivity contribution in [3.05, 3.63) is 0 Å². The van der Waals surface area contributed by atoms with Crippen molar-refractivity contribution >= 4 is 0 Å². The molecule has 3 nitrogen and oxygen atoms in total. The van der Waals surface area contributed by atoms with Gasteiger partial charge < -0.3 is 14.6 Å². The zero-order chi connectivity index (χ0) is 28.0. The van der Waals surface area contributed by atoms with E-state index < -0.39 is 72.2 Å². The summed E-state index contributed by atoms with van der Waals surface area (Å²) >= 11 is 0. The van der Waals surface area contributed by atoms with Crippen molar-refractivity contribution in [1.29, 1.82) is 0 Å². The third-order valence-electron chi connectivity index (χ3n) is 4.84. The minimum Gasteiger partial charge on any atom is -0.393 e. The lowest BCUT2D eigenvalue weighted by Gasteiger charge is -2.47. The Labute approximate surface area is 186 Å². The molecule has 34 heavy (non-hydrogen) atoms. The summed E-state index contributed by atoms with van der Waals surface area (Å²) in [5.74, 6) is 0. The molecule has 4 unspecified atom stereocenters. The molecule has 0 rings (SSSR count). The Hall–Kier alpha value is -1.03. The van der Waals surface area contributed by atoms with E-state index in [1.165, 1.54) is 20.8 Å². The normalized spacial score (nSPS) is 20.5. The van der Waals surface area contributed by atoms with Gasteiger partial charge in [0.1, 0.15) is 11.7 Å². The van der Waals surface area contributed by atoms with Crippen LogP contribution in [0.3, 0.4) is 0 Å². The molecule has 0 bridgehead atoms. The van der Waals surface area contributed by atoms with Crippen LogP contribution in [0.25, 0.3) is 0 Å². The van der Waals surface area contributed by atoms with Gasteiger partial charge >= 0.3 is 30.2 Å². The van der Waals surface area contributed by atoms with E-state index in [9.17, 15) is 52.7 Å². The van der Waals surface area contributed by atoms with Gasteiger partial charge in [-0.05, 0) is 32.6 Å². The molecule has 0 aromatic heterocycles. The highest BCUT2D eigenvalue weighted by molar-refractivity contribution is 5.09. The highest BCUT2D eigenvalue weighted by atomic mass is 19.4. The minimum atomic E-state index is -6.89. The standard InChI is InChI=1S/C18H25F13O3/c1-9(13(20,8-32)16(24,25)26)33-18(30,31)15(23,17(27,28)29)12(5,6)34-14(21,22)10(19)7-11(2,3)4/h9-10,32H,7-8H2,1-6H3. The summed E-state index contributed by atoms with van der Waals surface area (Å²) in [5.41, 5.74) is -17.1.